The zero-order valence-corrected chi connectivity index (χ0v) is 18.4. The lowest BCUT2D eigenvalue weighted by Gasteiger charge is -2.31. The van der Waals surface area contributed by atoms with Crippen LogP contribution in [0.25, 0.3) is 21.5 Å². The van der Waals surface area contributed by atoms with E-state index in [0.717, 1.165) is 31.4 Å². The summed E-state index contributed by atoms with van der Waals surface area (Å²) in [6, 6.07) is 27.5. The minimum absolute atomic E-state index is 0.0430. The second-order valence-electron chi connectivity index (χ2n) is 8.70. The van der Waals surface area contributed by atoms with E-state index in [1.54, 1.807) is 0 Å². The molecular formula is C29H28O3. The van der Waals surface area contributed by atoms with Crippen LogP contribution in [0.3, 0.4) is 0 Å². The minimum atomic E-state index is -0.197. The number of esters is 1. The summed E-state index contributed by atoms with van der Waals surface area (Å²) in [5, 5.41) is 4.91. The Morgan fingerprint density at radius 3 is 2.25 bits per heavy atom. The number of benzene rings is 4. The van der Waals surface area contributed by atoms with Gasteiger partial charge in [-0.2, -0.15) is 0 Å². The van der Waals surface area contributed by atoms with Crippen LogP contribution < -0.4 is 4.74 Å². The average Bonchev–Trinajstić information content (AvgIpc) is 2.82. The molecule has 32 heavy (non-hydrogen) atoms. The summed E-state index contributed by atoms with van der Waals surface area (Å²) < 4.78 is 12.0. The van der Waals surface area contributed by atoms with Gasteiger partial charge in [-0.1, -0.05) is 67.1 Å². The number of carbonyl (C=O) groups excluding carboxylic acids is 1. The van der Waals surface area contributed by atoms with E-state index in [9.17, 15) is 4.79 Å². The molecule has 3 nitrogen and oxygen atoms in total. The van der Waals surface area contributed by atoms with E-state index in [2.05, 4.69) is 66.7 Å². The van der Waals surface area contributed by atoms with Crippen molar-refractivity contribution in [3.8, 4) is 5.75 Å². The SMILES string of the molecule is CC(=O)O[C@@H]1CCCC[C@H]1c1cccc(OCc2c3ccccc3cc3ccccc23)c1. The Balaban J connectivity index is 1.43. The van der Waals surface area contributed by atoms with Crippen molar-refractivity contribution in [2.75, 3.05) is 0 Å². The zero-order chi connectivity index (χ0) is 21.9. The molecule has 5 rings (SSSR count). The van der Waals surface area contributed by atoms with Gasteiger partial charge in [0.05, 0.1) is 0 Å². The highest BCUT2D eigenvalue weighted by molar-refractivity contribution is 6.02. The Bertz CT molecular complexity index is 1210. The first-order chi connectivity index (χ1) is 15.7. The summed E-state index contributed by atoms with van der Waals surface area (Å²) >= 11 is 0. The molecule has 1 aliphatic rings. The van der Waals surface area contributed by atoms with Gasteiger partial charge in [-0.3, -0.25) is 4.79 Å². The van der Waals surface area contributed by atoms with Gasteiger partial charge in [0.25, 0.3) is 0 Å². The molecule has 0 bridgehead atoms. The van der Waals surface area contributed by atoms with Crippen LogP contribution in [0.1, 0.15) is 49.7 Å². The van der Waals surface area contributed by atoms with Crippen molar-refractivity contribution in [1.82, 2.24) is 0 Å². The molecule has 4 aromatic rings. The van der Waals surface area contributed by atoms with Gasteiger partial charge in [-0.05, 0) is 64.6 Å². The zero-order valence-electron chi connectivity index (χ0n) is 18.4. The van der Waals surface area contributed by atoms with Crippen LogP contribution in [-0.2, 0) is 16.1 Å². The number of rotatable bonds is 5. The molecule has 4 aromatic carbocycles. The van der Waals surface area contributed by atoms with Gasteiger partial charge in [0.15, 0.2) is 0 Å². The smallest absolute Gasteiger partial charge is 0.302 e. The summed E-state index contributed by atoms with van der Waals surface area (Å²) in [5.74, 6) is 0.887. The van der Waals surface area contributed by atoms with Crippen LogP contribution in [0.2, 0.25) is 0 Å². The lowest BCUT2D eigenvalue weighted by molar-refractivity contribution is -0.148. The maximum Gasteiger partial charge on any atom is 0.302 e. The third-order valence-electron chi connectivity index (χ3n) is 6.57. The molecular weight excluding hydrogens is 396 g/mol. The quantitative estimate of drug-likeness (QED) is 0.252. The number of hydrogen-bond donors (Lipinski definition) is 0. The van der Waals surface area contributed by atoms with E-state index >= 15 is 0 Å². The summed E-state index contributed by atoms with van der Waals surface area (Å²) in [6.07, 6.45) is 4.19. The van der Waals surface area contributed by atoms with Gasteiger partial charge < -0.3 is 9.47 Å². The largest absolute Gasteiger partial charge is 0.489 e. The highest BCUT2D eigenvalue weighted by atomic mass is 16.5. The molecule has 0 N–H and O–H groups in total. The summed E-state index contributed by atoms with van der Waals surface area (Å²) in [7, 11) is 0. The van der Waals surface area contributed by atoms with Gasteiger partial charge in [-0.25, -0.2) is 0 Å². The maximum atomic E-state index is 11.6. The predicted octanol–water partition coefficient (Wildman–Crippen LogP) is 7.16. The molecule has 3 heteroatoms. The van der Waals surface area contributed by atoms with Crippen molar-refractivity contribution < 1.29 is 14.3 Å². The van der Waals surface area contributed by atoms with E-state index in [0.29, 0.717) is 6.61 Å². The van der Waals surface area contributed by atoms with Crippen LogP contribution in [0.15, 0.2) is 78.9 Å². The Morgan fingerprint density at radius 2 is 1.53 bits per heavy atom. The van der Waals surface area contributed by atoms with Crippen molar-refractivity contribution in [2.24, 2.45) is 0 Å². The van der Waals surface area contributed by atoms with Crippen molar-refractivity contribution >= 4 is 27.5 Å². The minimum Gasteiger partial charge on any atom is -0.489 e. The first-order valence-electron chi connectivity index (χ1n) is 11.5. The standard InChI is InChI=1S/C29H28O3/c1-20(30)32-29-16-7-6-15-27(29)23-11-8-12-24(18-23)31-19-28-25-13-4-2-9-21(25)17-22-10-3-5-14-26(22)28/h2-5,8-14,17-18,27,29H,6-7,15-16,19H2,1H3/t27-,29+/m0/s1. The summed E-state index contributed by atoms with van der Waals surface area (Å²) in [5.41, 5.74) is 2.40. The Kier molecular flexibility index (Phi) is 5.81. The molecule has 0 aromatic heterocycles. The van der Waals surface area contributed by atoms with Crippen LogP contribution in [0, 0.1) is 0 Å². The third kappa shape index (κ3) is 4.20. The van der Waals surface area contributed by atoms with Crippen molar-refractivity contribution in [1.29, 1.82) is 0 Å². The van der Waals surface area contributed by atoms with Crippen LogP contribution in [0.4, 0.5) is 0 Å². The fourth-order valence-electron chi connectivity index (χ4n) is 5.09. The van der Waals surface area contributed by atoms with Crippen LogP contribution >= 0.6 is 0 Å². The number of fused-ring (bicyclic) bond motifs is 2. The van der Waals surface area contributed by atoms with Gasteiger partial charge in [0.2, 0.25) is 0 Å². The number of carbonyl (C=O) groups is 1. The highest BCUT2D eigenvalue weighted by Gasteiger charge is 2.29. The number of hydrogen-bond acceptors (Lipinski definition) is 3. The topological polar surface area (TPSA) is 35.5 Å². The molecule has 1 aliphatic carbocycles. The van der Waals surface area contributed by atoms with Gasteiger partial charge >= 0.3 is 5.97 Å². The average molecular weight is 425 g/mol. The number of ether oxygens (including phenoxy) is 2. The van der Waals surface area contributed by atoms with E-state index in [4.69, 9.17) is 9.47 Å². The van der Waals surface area contributed by atoms with Crippen molar-refractivity contribution in [3.05, 3.63) is 90.0 Å². The predicted molar refractivity (Wildman–Crippen MR) is 129 cm³/mol. The van der Waals surface area contributed by atoms with E-state index in [1.807, 2.05) is 12.1 Å². The molecule has 0 aliphatic heterocycles. The third-order valence-corrected chi connectivity index (χ3v) is 6.57. The van der Waals surface area contributed by atoms with Gasteiger partial charge in [0.1, 0.15) is 18.5 Å². The van der Waals surface area contributed by atoms with E-state index < -0.39 is 0 Å². The molecule has 2 atom stereocenters. The maximum absolute atomic E-state index is 11.6. The first-order valence-corrected chi connectivity index (χ1v) is 11.5. The molecule has 0 saturated heterocycles. The second kappa shape index (κ2) is 9.04. The molecule has 0 amide bonds. The molecule has 1 saturated carbocycles. The van der Waals surface area contributed by atoms with Crippen molar-refractivity contribution in [3.63, 3.8) is 0 Å². The van der Waals surface area contributed by atoms with Crippen LogP contribution in [0.5, 0.6) is 5.75 Å². The molecule has 0 radical (unpaired) electrons. The Labute approximate surface area is 189 Å². The molecule has 0 unspecified atom stereocenters. The fourth-order valence-corrected chi connectivity index (χ4v) is 5.09. The Hall–Kier alpha value is -3.33. The summed E-state index contributed by atoms with van der Waals surface area (Å²) in [4.78, 5) is 11.6. The fraction of sp³-hybridized carbons (Fsp3) is 0.276. The molecule has 0 spiro atoms. The summed E-state index contributed by atoms with van der Waals surface area (Å²) in [6.45, 7) is 2.00. The molecule has 1 fully saturated rings. The highest BCUT2D eigenvalue weighted by Crippen LogP contribution is 2.37. The Morgan fingerprint density at radius 1 is 0.844 bits per heavy atom. The molecule has 162 valence electrons. The van der Waals surface area contributed by atoms with Gasteiger partial charge in [0, 0.05) is 18.4 Å². The molecule has 0 heterocycles. The monoisotopic (exact) mass is 424 g/mol. The first kappa shape index (κ1) is 20.6. The lowest BCUT2D eigenvalue weighted by atomic mass is 9.81. The van der Waals surface area contributed by atoms with Crippen LogP contribution in [-0.4, -0.2) is 12.1 Å². The lowest BCUT2D eigenvalue weighted by Crippen LogP contribution is -2.27. The van der Waals surface area contributed by atoms with E-state index in [-0.39, 0.29) is 18.0 Å². The van der Waals surface area contributed by atoms with E-state index in [1.165, 1.54) is 39.6 Å². The second-order valence-corrected chi connectivity index (χ2v) is 8.70. The normalized spacial score (nSPS) is 18.5. The van der Waals surface area contributed by atoms with Gasteiger partial charge in [-0.15, -0.1) is 0 Å². The van der Waals surface area contributed by atoms with Crippen molar-refractivity contribution in [2.45, 2.75) is 51.2 Å².